The van der Waals surface area contributed by atoms with Gasteiger partial charge in [-0.3, -0.25) is 9.69 Å². The number of benzene rings is 2. The van der Waals surface area contributed by atoms with Gasteiger partial charge < -0.3 is 24.8 Å². The number of carbonyl (C=O) groups is 1. The number of nitrogens with zero attached hydrogens (tertiary/aromatic N) is 4. The van der Waals surface area contributed by atoms with Crippen LogP contribution in [0.3, 0.4) is 0 Å². The lowest BCUT2D eigenvalue weighted by Gasteiger charge is -2.36. The van der Waals surface area contributed by atoms with Crippen LogP contribution in [0.25, 0.3) is 11.4 Å². The van der Waals surface area contributed by atoms with Crippen molar-refractivity contribution in [3.8, 4) is 28.6 Å². The smallest absolute Gasteiger partial charge is 0.231 e. The summed E-state index contributed by atoms with van der Waals surface area (Å²) < 4.78 is 17.4. The normalized spacial score (nSPS) is 14.0. The summed E-state index contributed by atoms with van der Waals surface area (Å²) in [4.78, 5) is 25.7. The molecule has 1 amide bonds. The Morgan fingerprint density at radius 3 is 2.36 bits per heavy atom. The summed E-state index contributed by atoms with van der Waals surface area (Å²) in [5, 5.41) is 0. The topological polar surface area (TPSA) is 103 Å². The predicted molar refractivity (Wildman–Crippen MR) is 153 cm³/mol. The minimum Gasteiger partial charge on any atom is -0.497 e. The summed E-state index contributed by atoms with van der Waals surface area (Å²) in [6.45, 7) is 11.8. The SMILES string of the molecule is COc1ccc(-c2nc(C)c(COc3cc(C(C)C)ccc3C)c(N3CCN(CC(N)=O)CC3)n2)c(OC)c1. The highest BCUT2D eigenvalue weighted by Gasteiger charge is 2.25. The Morgan fingerprint density at radius 1 is 0.974 bits per heavy atom. The maximum atomic E-state index is 11.4. The van der Waals surface area contributed by atoms with E-state index in [-0.39, 0.29) is 12.5 Å². The third-order valence-electron chi connectivity index (χ3n) is 7.14. The molecule has 0 spiro atoms. The highest BCUT2D eigenvalue weighted by molar-refractivity contribution is 5.76. The van der Waals surface area contributed by atoms with Gasteiger partial charge in [0.2, 0.25) is 5.91 Å². The molecule has 2 heterocycles. The van der Waals surface area contributed by atoms with Gasteiger partial charge in [-0.05, 0) is 49.1 Å². The zero-order valence-corrected chi connectivity index (χ0v) is 23.8. The van der Waals surface area contributed by atoms with Crippen molar-refractivity contribution in [2.24, 2.45) is 5.73 Å². The Balaban J connectivity index is 1.71. The number of piperazine rings is 1. The molecule has 4 rings (SSSR count). The fraction of sp³-hybridized carbons (Fsp3) is 0.433. The molecular weight excluding hydrogens is 494 g/mol. The van der Waals surface area contributed by atoms with Crippen molar-refractivity contribution in [3.63, 3.8) is 0 Å². The largest absolute Gasteiger partial charge is 0.497 e. The standard InChI is InChI=1S/C30H39N5O4/c1-19(2)22-8-7-20(3)26(15-22)39-18-25-21(4)32-29(24-10-9-23(37-5)16-27(24)38-6)33-30(25)35-13-11-34(12-14-35)17-28(31)36/h7-10,15-16,19H,11-14,17-18H2,1-6H3,(H2,31,36). The molecule has 2 N–H and O–H groups in total. The number of aromatic nitrogens is 2. The van der Waals surface area contributed by atoms with Gasteiger partial charge >= 0.3 is 0 Å². The van der Waals surface area contributed by atoms with Crippen LogP contribution >= 0.6 is 0 Å². The number of hydrogen-bond donors (Lipinski definition) is 1. The molecule has 0 atom stereocenters. The summed E-state index contributed by atoms with van der Waals surface area (Å²) in [5.41, 5.74) is 10.3. The fourth-order valence-electron chi connectivity index (χ4n) is 4.73. The minimum absolute atomic E-state index is 0.256. The number of methoxy groups -OCH3 is 2. The molecule has 0 radical (unpaired) electrons. The second kappa shape index (κ2) is 12.3. The molecule has 39 heavy (non-hydrogen) atoms. The number of ether oxygens (including phenoxy) is 3. The molecule has 208 valence electrons. The van der Waals surface area contributed by atoms with Crippen LogP contribution < -0.4 is 24.8 Å². The van der Waals surface area contributed by atoms with E-state index in [9.17, 15) is 4.79 Å². The molecule has 3 aromatic rings. The first-order valence-electron chi connectivity index (χ1n) is 13.3. The van der Waals surface area contributed by atoms with Crippen LogP contribution in [0.5, 0.6) is 17.2 Å². The average molecular weight is 534 g/mol. The number of hydrogen-bond acceptors (Lipinski definition) is 8. The van der Waals surface area contributed by atoms with Crippen LogP contribution in [0.1, 0.15) is 42.1 Å². The van der Waals surface area contributed by atoms with E-state index in [1.807, 2.05) is 25.1 Å². The predicted octanol–water partition coefficient (Wildman–Crippen LogP) is 4.09. The average Bonchev–Trinajstić information content (AvgIpc) is 2.92. The lowest BCUT2D eigenvalue weighted by atomic mass is 10.0. The second-order valence-corrected chi connectivity index (χ2v) is 10.2. The first kappa shape index (κ1) is 28.2. The van der Waals surface area contributed by atoms with Gasteiger partial charge in [0.25, 0.3) is 0 Å². The highest BCUT2D eigenvalue weighted by Crippen LogP contribution is 2.34. The Bertz CT molecular complexity index is 1320. The first-order chi connectivity index (χ1) is 18.7. The molecular formula is C30H39N5O4. The summed E-state index contributed by atoms with van der Waals surface area (Å²) in [5.74, 6) is 3.68. The van der Waals surface area contributed by atoms with Gasteiger partial charge in [0.05, 0.1) is 37.6 Å². The molecule has 1 aromatic heterocycles. The Morgan fingerprint density at radius 2 is 1.72 bits per heavy atom. The van der Waals surface area contributed by atoms with Gasteiger partial charge in [-0.15, -0.1) is 0 Å². The Kier molecular flexibility index (Phi) is 8.91. The zero-order chi connectivity index (χ0) is 28.1. The van der Waals surface area contributed by atoms with E-state index >= 15 is 0 Å². The van der Waals surface area contributed by atoms with Crippen LogP contribution in [-0.4, -0.2) is 67.7 Å². The molecule has 0 saturated carbocycles. The molecule has 9 nitrogen and oxygen atoms in total. The highest BCUT2D eigenvalue weighted by atomic mass is 16.5. The zero-order valence-electron chi connectivity index (χ0n) is 23.8. The van der Waals surface area contributed by atoms with E-state index in [4.69, 9.17) is 29.9 Å². The van der Waals surface area contributed by atoms with Crippen molar-refractivity contribution in [3.05, 3.63) is 58.8 Å². The Hall–Kier alpha value is -3.85. The van der Waals surface area contributed by atoms with Crippen molar-refractivity contribution in [1.82, 2.24) is 14.9 Å². The van der Waals surface area contributed by atoms with E-state index in [1.165, 1.54) is 5.56 Å². The summed E-state index contributed by atoms with van der Waals surface area (Å²) >= 11 is 0. The summed E-state index contributed by atoms with van der Waals surface area (Å²) in [7, 11) is 3.25. The maximum absolute atomic E-state index is 11.4. The van der Waals surface area contributed by atoms with Crippen molar-refractivity contribution in [1.29, 1.82) is 0 Å². The molecule has 0 bridgehead atoms. The van der Waals surface area contributed by atoms with Crippen LogP contribution in [0.2, 0.25) is 0 Å². The van der Waals surface area contributed by atoms with Crippen LogP contribution in [-0.2, 0) is 11.4 Å². The number of anilines is 1. The van der Waals surface area contributed by atoms with Crippen LogP contribution in [0, 0.1) is 13.8 Å². The van der Waals surface area contributed by atoms with Gasteiger partial charge in [-0.2, -0.15) is 0 Å². The van der Waals surface area contributed by atoms with Crippen LogP contribution in [0.15, 0.2) is 36.4 Å². The van der Waals surface area contributed by atoms with E-state index in [0.29, 0.717) is 56.0 Å². The number of nitrogens with two attached hydrogens (primary N) is 1. The van der Waals surface area contributed by atoms with Crippen molar-refractivity contribution >= 4 is 11.7 Å². The molecule has 0 aliphatic carbocycles. The first-order valence-corrected chi connectivity index (χ1v) is 13.3. The minimum atomic E-state index is -0.316. The quantitative estimate of drug-likeness (QED) is 0.416. The summed E-state index contributed by atoms with van der Waals surface area (Å²) in [6, 6.07) is 12.0. The van der Waals surface area contributed by atoms with Crippen LogP contribution in [0.4, 0.5) is 5.82 Å². The fourth-order valence-corrected chi connectivity index (χ4v) is 4.73. The molecule has 1 saturated heterocycles. The van der Waals surface area contributed by atoms with Gasteiger partial charge in [0, 0.05) is 32.2 Å². The Labute approximate surface area is 230 Å². The number of carbonyl (C=O) groups excluding carboxylic acids is 1. The molecule has 9 heteroatoms. The maximum Gasteiger partial charge on any atom is 0.231 e. The number of primary amides is 1. The molecule has 1 aliphatic heterocycles. The lowest BCUT2D eigenvalue weighted by molar-refractivity contribution is -0.119. The second-order valence-electron chi connectivity index (χ2n) is 10.2. The van der Waals surface area contributed by atoms with Crippen molar-refractivity contribution < 1.29 is 19.0 Å². The van der Waals surface area contributed by atoms with Crippen molar-refractivity contribution in [2.75, 3.05) is 51.8 Å². The van der Waals surface area contributed by atoms with E-state index in [0.717, 1.165) is 34.0 Å². The van der Waals surface area contributed by atoms with Gasteiger partial charge in [-0.1, -0.05) is 26.0 Å². The van der Waals surface area contributed by atoms with Gasteiger partial charge in [-0.25, -0.2) is 9.97 Å². The third kappa shape index (κ3) is 6.60. The lowest BCUT2D eigenvalue weighted by Crippen LogP contribution is -2.49. The molecule has 1 aliphatic rings. The number of aryl methyl sites for hydroxylation is 2. The monoisotopic (exact) mass is 533 g/mol. The van der Waals surface area contributed by atoms with E-state index in [1.54, 1.807) is 14.2 Å². The molecule has 0 unspecified atom stereocenters. The summed E-state index contributed by atoms with van der Waals surface area (Å²) in [6.07, 6.45) is 0. The van der Waals surface area contributed by atoms with Crippen molar-refractivity contribution in [2.45, 2.75) is 40.2 Å². The van der Waals surface area contributed by atoms with Gasteiger partial charge in [0.15, 0.2) is 5.82 Å². The molecule has 2 aromatic carbocycles. The van der Waals surface area contributed by atoms with Gasteiger partial charge in [0.1, 0.15) is 29.7 Å². The molecule has 1 fully saturated rings. The van der Waals surface area contributed by atoms with E-state index in [2.05, 4.69) is 48.8 Å². The van der Waals surface area contributed by atoms with E-state index < -0.39 is 0 Å². The number of amides is 1. The third-order valence-corrected chi connectivity index (χ3v) is 7.14. The number of rotatable bonds is 10.